The summed E-state index contributed by atoms with van der Waals surface area (Å²) in [5.74, 6) is -0.820. The van der Waals surface area contributed by atoms with E-state index in [1.165, 1.54) is 0 Å². The molecule has 1 fully saturated rings. The minimum Gasteiger partial charge on any atom is -0.464 e. The molecule has 98 valence electrons. The molecular weight excluding hydrogens is 224 g/mol. The second-order valence-electron chi connectivity index (χ2n) is 4.18. The first-order chi connectivity index (χ1) is 8.10. The zero-order chi connectivity index (χ0) is 12.8. The normalized spacial score (nSPS) is 18.9. The summed E-state index contributed by atoms with van der Waals surface area (Å²) in [6, 6.07) is -1.22. The molecule has 0 radical (unpaired) electrons. The van der Waals surface area contributed by atoms with Crippen molar-refractivity contribution in [2.75, 3.05) is 26.3 Å². The van der Waals surface area contributed by atoms with Crippen molar-refractivity contribution in [1.29, 1.82) is 0 Å². The lowest BCUT2D eigenvalue weighted by Gasteiger charge is -2.32. The van der Waals surface area contributed by atoms with Gasteiger partial charge in [0.25, 0.3) is 5.91 Å². The van der Waals surface area contributed by atoms with E-state index >= 15 is 0 Å². The monoisotopic (exact) mass is 244 g/mol. The molecule has 0 aromatic carbocycles. The summed E-state index contributed by atoms with van der Waals surface area (Å²) < 4.78 is 4.71. The molecule has 0 aromatic heterocycles. The van der Waals surface area contributed by atoms with Gasteiger partial charge in [0.2, 0.25) is 0 Å². The van der Waals surface area contributed by atoms with Crippen molar-refractivity contribution < 1.29 is 19.4 Å². The molecule has 1 amide bonds. The van der Waals surface area contributed by atoms with E-state index in [-0.39, 0.29) is 25.0 Å². The number of aliphatic hydroxyl groups excluding tert-OH is 1. The van der Waals surface area contributed by atoms with Gasteiger partial charge in [-0.2, -0.15) is 0 Å². The molecule has 0 aromatic rings. The van der Waals surface area contributed by atoms with Crippen molar-refractivity contribution >= 4 is 11.9 Å². The fourth-order valence-corrected chi connectivity index (χ4v) is 1.87. The Morgan fingerprint density at radius 2 is 2.06 bits per heavy atom. The van der Waals surface area contributed by atoms with Crippen molar-refractivity contribution in [2.45, 2.75) is 25.8 Å². The molecule has 1 unspecified atom stereocenters. The Labute approximate surface area is 101 Å². The van der Waals surface area contributed by atoms with Gasteiger partial charge in [0.05, 0.1) is 6.61 Å². The van der Waals surface area contributed by atoms with Crippen LogP contribution < -0.4 is 5.73 Å². The topological polar surface area (TPSA) is 92.9 Å². The molecule has 0 saturated carbocycles. The van der Waals surface area contributed by atoms with Gasteiger partial charge in [0, 0.05) is 19.7 Å². The van der Waals surface area contributed by atoms with Gasteiger partial charge in [0.15, 0.2) is 6.04 Å². The van der Waals surface area contributed by atoms with E-state index in [1.807, 2.05) is 0 Å². The Kier molecular flexibility index (Phi) is 5.37. The van der Waals surface area contributed by atoms with Crippen LogP contribution in [-0.2, 0) is 14.3 Å². The Balaban J connectivity index is 2.45. The minimum atomic E-state index is -1.22. The van der Waals surface area contributed by atoms with Gasteiger partial charge in [-0.3, -0.25) is 4.79 Å². The molecule has 1 rings (SSSR count). The lowest BCUT2D eigenvalue weighted by Crippen LogP contribution is -2.51. The summed E-state index contributed by atoms with van der Waals surface area (Å²) in [6.07, 6.45) is 1.50. The number of aliphatic hydroxyl groups is 1. The largest absolute Gasteiger partial charge is 0.464 e. The molecule has 1 aliphatic heterocycles. The number of nitrogens with two attached hydrogens (primary N) is 1. The minimum absolute atomic E-state index is 0.145. The maximum absolute atomic E-state index is 11.8. The van der Waals surface area contributed by atoms with E-state index < -0.39 is 12.0 Å². The fraction of sp³-hybridized carbons (Fsp3) is 0.818. The van der Waals surface area contributed by atoms with Gasteiger partial charge in [-0.1, -0.05) is 0 Å². The van der Waals surface area contributed by atoms with Gasteiger partial charge in [-0.15, -0.1) is 0 Å². The van der Waals surface area contributed by atoms with Crippen LogP contribution in [0.3, 0.4) is 0 Å². The number of amides is 1. The molecule has 1 aliphatic rings. The van der Waals surface area contributed by atoms with Crippen LogP contribution in [0.15, 0.2) is 0 Å². The highest BCUT2D eigenvalue weighted by molar-refractivity contribution is 6.01. The predicted molar refractivity (Wildman–Crippen MR) is 61.0 cm³/mol. The lowest BCUT2D eigenvalue weighted by atomic mass is 9.97. The first-order valence-electron chi connectivity index (χ1n) is 5.92. The molecule has 1 saturated heterocycles. The standard InChI is InChI=1S/C11H20N2O4/c1-2-17-11(16)9(12)10(15)13-5-3-8(7-14)4-6-13/h8-9,14H,2-7,12H2,1H3. The number of carbonyl (C=O) groups is 2. The van der Waals surface area contributed by atoms with Gasteiger partial charge in [-0.05, 0) is 25.7 Å². The Morgan fingerprint density at radius 1 is 1.47 bits per heavy atom. The van der Waals surface area contributed by atoms with E-state index in [0.717, 1.165) is 12.8 Å². The maximum Gasteiger partial charge on any atom is 0.332 e. The molecule has 6 nitrogen and oxygen atoms in total. The van der Waals surface area contributed by atoms with Crippen molar-refractivity contribution in [3.63, 3.8) is 0 Å². The van der Waals surface area contributed by atoms with Crippen molar-refractivity contribution in [1.82, 2.24) is 4.90 Å². The van der Waals surface area contributed by atoms with Crippen LogP contribution in [0.2, 0.25) is 0 Å². The van der Waals surface area contributed by atoms with E-state index in [2.05, 4.69) is 0 Å². The lowest BCUT2D eigenvalue weighted by molar-refractivity contribution is -0.151. The highest BCUT2D eigenvalue weighted by Crippen LogP contribution is 2.16. The number of carbonyl (C=O) groups excluding carboxylic acids is 2. The van der Waals surface area contributed by atoms with Gasteiger partial charge in [-0.25, -0.2) is 4.79 Å². The zero-order valence-corrected chi connectivity index (χ0v) is 10.1. The smallest absolute Gasteiger partial charge is 0.332 e. The van der Waals surface area contributed by atoms with Crippen molar-refractivity contribution in [2.24, 2.45) is 11.7 Å². The van der Waals surface area contributed by atoms with Gasteiger partial charge >= 0.3 is 5.97 Å². The molecule has 6 heteroatoms. The Bertz CT molecular complexity index is 275. The number of likely N-dealkylation sites (tertiary alicyclic amines) is 1. The molecule has 17 heavy (non-hydrogen) atoms. The van der Waals surface area contributed by atoms with Crippen LogP contribution in [0.1, 0.15) is 19.8 Å². The predicted octanol–water partition coefficient (Wildman–Crippen LogP) is -0.892. The third-order valence-electron chi connectivity index (χ3n) is 2.99. The highest BCUT2D eigenvalue weighted by atomic mass is 16.5. The van der Waals surface area contributed by atoms with Crippen LogP contribution in [0.4, 0.5) is 0 Å². The number of nitrogens with zero attached hydrogens (tertiary/aromatic N) is 1. The van der Waals surface area contributed by atoms with Gasteiger partial charge in [0.1, 0.15) is 0 Å². The molecule has 0 aliphatic carbocycles. The van der Waals surface area contributed by atoms with E-state index in [0.29, 0.717) is 13.1 Å². The van der Waals surface area contributed by atoms with Crippen molar-refractivity contribution in [3.05, 3.63) is 0 Å². The molecule has 1 heterocycles. The maximum atomic E-state index is 11.8. The second kappa shape index (κ2) is 6.56. The van der Waals surface area contributed by atoms with Crippen LogP contribution in [0.25, 0.3) is 0 Å². The second-order valence-corrected chi connectivity index (χ2v) is 4.18. The van der Waals surface area contributed by atoms with Crippen molar-refractivity contribution in [3.8, 4) is 0 Å². The molecule has 1 atom stereocenters. The summed E-state index contributed by atoms with van der Waals surface area (Å²) in [4.78, 5) is 24.7. The Morgan fingerprint density at radius 3 is 2.53 bits per heavy atom. The quantitative estimate of drug-likeness (QED) is 0.494. The van der Waals surface area contributed by atoms with Gasteiger partial charge < -0.3 is 20.5 Å². The zero-order valence-electron chi connectivity index (χ0n) is 10.1. The summed E-state index contributed by atoms with van der Waals surface area (Å²) in [5, 5.41) is 8.98. The third-order valence-corrected chi connectivity index (χ3v) is 2.99. The molecule has 0 bridgehead atoms. The summed E-state index contributed by atoms with van der Waals surface area (Å²) >= 11 is 0. The molecule has 0 spiro atoms. The number of rotatable bonds is 4. The number of hydrogen-bond donors (Lipinski definition) is 2. The van der Waals surface area contributed by atoms with Crippen LogP contribution >= 0.6 is 0 Å². The average Bonchev–Trinajstić information content (AvgIpc) is 2.37. The Hall–Kier alpha value is -1.14. The summed E-state index contributed by atoms with van der Waals surface area (Å²) in [6.45, 7) is 3.11. The van der Waals surface area contributed by atoms with E-state index in [9.17, 15) is 9.59 Å². The first kappa shape index (κ1) is 13.9. The fourth-order valence-electron chi connectivity index (χ4n) is 1.87. The summed E-state index contributed by atoms with van der Waals surface area (Å²) in [5.41, 5.74) is 5.53. The number of esters is 1. The number of hydrogen-bond acceptors (Lipinski definition) is 5. The van der Waals surface area contributed by atoms with E-state index in [1.54, 1.807) is 11.8 Å². The number of piperidine rings is 1. The van der Waals surface area contributed by atoms with Crippen LogP contribution in [0.5, 0.6) is 0 Å². The third kappa shape index (κ3) is 3.67. The van der Waals surface area contributed by atoms with E-state index in [4.69, 9.17) is 15.6 Å². The van der Waals surface area contributed by atoms with Crippen LogP contribution in [0, 0.1) is 5.92 Å². The van der Waals surface area contributed by atoms with Crippen LogP contribution in [-0.4, -0.2) is 54.2 Å². The molecular formula is C11H20N2O4. The first-order valence-corrected chi connectivity index (χ1v) is 5.92. The summed E-state index contributed by atoms with van der Waals surface area (Å²) in [7, 11) is 0. The molecule has 3 N–H and O–H groups in total. The highest BCUT2D eigenvalue weighted by Gasteiger charge is 2.30. The number of ether oxygens (including phenoxy) is 1. The average molecular weight is 244 g/mol. The SMILES string of the molecule is CCOC(=O)C(N)C(=O)N1CCC(CO)CC1.